The SMILES string of the molecule is COC(=O)[C@H](CCCCN)NC(=O)C(Cc1c[nH]c2ccccc12)NC(=O)N1CCC(n2c(=O)[nH]c3ccccc32)CC1. The van der Waals surface area contributed by atoms with E-state index in [1.165, 1.54) is 7.11 Å². The van der Waals surface area contributed by atoms with Crippen LogP contribution in [0.4, 0.5) is 4.79 Å². The van der Waals surface area contributed by atoms with Gasteiger partial charge >= 0.3 is 17.7 Å². The number of urea groups is 1. The van der Waals surface area contributed by atoms with Gasteiger partial charge in [0.1, 0.15) is 12.1 Å². The molecular weight excluding hydrogens is 550 g/mol. The van der Waals surface area contributed by atoms with E-state index < -0.39 is 24.0 Å². The summed E-state index contributed by atoms with van der Waals surface area (Å²) >= 11 is 0. The molecule has 3 amide bonds. The minimum absolute atomic E-state index is 0.0487. The average Bonchev–Trinajstić information content (AvgIpc) is 3.59. The molecule has 0 aliphatic carbocycles. The fourth-order valence-corrected chi connectivity index (χ4v) is 5.89. The number of piperidine rings is 1. The van der Waals surface area contributed by atoms with E-state index in [1.54, 1.807) is 9.47 Å². The molecule has 43 heavy (non-hydrogen) atoms. The maximum Gasteiger partial charge on any atom is 0.328 e. The number of benzene rings is 2. The molecule has 0 bridgehead atoms. The van der Waals surface area contributed by atoms with E-state index in [-0.39, 0.29) is 24.2 Å². The van der Waals surface area contributed by atoms with Gasteiger partial charge in [-0.2, -0.15) is 0 Å². The number of fused-ring (bicyclic) bond motifs is 2. The molecule has 0 radical (unpaired) electrons. The van der Waals surface area contributed by atoms with Gasteiger partial charge in [0.2, 0.25) is 5.91 Å². The number of imidazole rings is 1. The normalized spacial score (nSPS) is 15.3. The van der Waals surface area contributed by atoms with Crippen LogP contribution in [-0.4, -0.2) is 76.2 Å². The molecule has 5 rings (SSSR count). The molecule has 0 spiro atoms. The third kappa shape index (κ3) is 6.75. The first kappa shape index (κ1) is 29.9. The summed E-state index contributed by atoms with van der Waals surface area (Å²) in [4.78, 5) is 60.1. The highest BCUT2D eigenvalue weighted by atomic mass is 16.5. The molecule has 12 nitrogen and oxygen atoms in total. The number of amides is 3. The van der Waals surface area contributed by atoms with Crippen molar-refractivity contribution >= 4 is 39.8 Å². The Hall–Kier alpha value is -4.58. The van der Waals surface area contributed by atoms with Gasteiger partial charge in [-0.15, -0.1) is 0 Å². The molecule has 1 saturated heterocycles. The summed E-state index contributed by atoms with van der Waals surface area (Å²) in [6.45, 7) is 1.33. The van der Waals surface area contributed by atoms with E-state index in [4.69, 9.17) is 10.5 Å². The molecule has 228 valence electrons. The van der Waals surface area contributed by atoms with Crippen molar-refractivity contribution in [1.82, 2.24) is 30.1 Å². The van der Waals surface area contributed by atoms with Crippen molar-refractivity contribution in [3.63, 3.8) is 0 Å². The summed E-state index contributed by atoms with van der Waals surface area (Å²) in [5.74, 6) is -1.01. The Kier molecular flexibility index (Phi) is 9.45. The molecule has 1 fully saturated rings. The summed E-state index contributed by atoms with van der Waals surface area (Å²) in [7, 11) is 1.28. The summed E-state index contributed by atoms with van der Waals surface area (Å²) in [5, 5.41) is 6.68. The van der Waals surface area contributed by atoms with E-state index in [0.717, 1.165) is 27.5 Å². The number of nitrogens with two attached hydrogens (primary N) is 1. The smallest absolute Gasteiger partial charge is 0.328 e. The van der Waals surface area contributed by atoms with Crippen molar-refractivity contribution < 1.29 is 19.1 Å². The lowest BCUT2D eigenvalue weighted by molar-refractivity contribution is -0.145. The van der Waals surface area contributed by atoms with Crippen molar-refractivity contribution in [3.05, 3.63) is 70.8 Å². The number of carbonyl (C=O) groups is 3. The van der Waals surface area contributed by atoms with Crippen molar-refractivity contribution in [3.8, 4) is 0 Å². The van der Waals surface area contributed by atoms with Crippen molar-refractivity contribution in [2.45, 2.75) is 56.7 Å². The lowest BCUT2D eigenvalue weighted by atomic mass is 10.0. The van der Waals surface area contributed by atoms with Gasteiger partial charge < -0.3 is 36.0 Å². The topological polar surface area (TPSA) is 167 Å². The monoisotopic (exact) mass is 589 g/mol. The van der Waals surface area contributed by atoms with E-state index in [9.17, 15) is 19.2 Å². The fourth-order valence-electron chi connectivity index (χ4n) is 5.89. The fraction of sp³-hybridized carbons (Fsp3) is 0.419. The third-order valence-corrected chi connectivity index (χ3v) is 8.20. The average molecular weight is 590 g/mol. The predicted molar refractivity (Wildman–Crippen MR) is 164 cm³/mol. The van der Waals surface area contributed by atoms with Crippen LogP contribution < -0.4 is 22.1 Å². The Bertz CT molecular complexity index is 1630. The number of ether oxygens (including phenoxy) is 1. The number of hydrogen-bond donors (Lipinski definition) is 5. The van der Waals surface area contributed by atoms with Crippen molar-refractivity contribution in [1.29, 1.82) is 0 Å². The van der Waals surface area contributed by atoms with Gasteiger partial charge in [-0.05, 0) is 62.4 Å². The van der Waals surface area contributed by atoms with Gasteiger partial charge in [-0.3, -0.25) is 9.36 Å². The number of nitrogens with zero attached hydrogens (tertiary/aromatic N) is 2. The molecule has 2 atom stereocenters. The third-order valence-electron chi connectivity index (χ3n) is 8.20. The Balaban J connectivity index is 1.30. The Morgan fingerprint density at radius 2 is 1.72 bits per heavy atom. The van der Waals surface area contributed by atoms with Gasteiger partial charge in [-0.1, -0.05) is 30.3 Å². The maximum absolute atomic E-state index is 13.6. The number of aromatic nitrogens is 3. The molecule has 2 aromatic heterocycles. The number of unbranched alkanes of at least 4 members (excludes halogenated alkanes) is 1. The van der Waals surface area contributed by atoms with Crippen LogP contribution in [0.3, 0.4) is 0 Å². The summed E-state index contributed by atoms with van der Waals surface area (Å²) < 4.78 is 6.70. The number of likely N-dealkylation sites (tertiary alicyclic amines) is 1. The Morgan fingerprint density at radius 1 is 1.00 bits per heavy atom. The second-order valence-corrected chi connectivity index (χ2v) is 11.0. The molecule has 1 aliphatic rings. The van der Waals surface area contributed by atoms with Crippen LogP contribution in [0.2, 0.25) is 0 Å². The lowest BCUT2D eigenvalue weighted by Gasteiger charge is -2.33. The van der Waals surface area contributed by atoms with Crippen molar-refractivity contribution in [2.24, 2.45) is 5.73 Å². The maximum atomic E-state index is 13.6. The van der Waals surface area contributed by atoms with Crippen LogP contribution in [0, 0.1) is 0 Å². The molecule has 2 aromatic carbocycles. The highest BCUT2D eigenvalue weighted by Crippen LogP contribution is 2.25. The molecule has 1 aliphatic heterocycles. The van der Waals surface area contributed by atoms with Crippen LogP contribution in [0.25, 0.3) is 21.9 Å². The number of esters is 1. The predicted octanol–water partition coefficient (Wildman–Crippen LogP) is 2.56. The van der Waals surface area contributed by atoms with Crippen molar-refractivity contribution in [2.75, 3.05) is 26.7 Å². The van der Waals surface area contributed by atoms with Crippen LogP contribution >= 0.6 is 0 Å². The quantitative estimate of drug-likeness (QED) is 0.133. The number of rotatable bonds is 11. The number of H-pyrrole nitrogens is 2. The second-order valence-electron chi connectivity index (χ2n) is 11.0. The Labute approximate surface area is 248 Å². The number of aromatic amines is 2. The van der Waals surface area contributed by atoms with Crippen LogP contribution in [0.15, 0.2) is 59.5 Å². The zero-order valence-corrected chi connectivity index (χ0v) is 24.3. The minimum Gasteiger partial charge on any atom is -0.467 e. The lowest BCUT2D eigenvalue weighted by Crippen LogP contribution is -2.56. The summed E-state index contributed by atoms with van der Waals surface area (Å²) in [6, 6.07) is 13.1. The van der Waals surface area contributed by atoms with Gasteiger partial charge in [0.15, 0.2) is 0 Å². The largest absolute Gasteiger partial charge is 0.467 e. The minimum atomic E-state index is -0.942. The summed E-state index contributed by atoms with van der Waals surface area (Å²) in [5.41, 5.74) is 8.87. The van der Waals surface area contributed by atoms with Gasteiger partial charge in [-0.25, -0.2) is 14.4 Å². The highest BCUT2D eigenvalue weighted by molar-refractivity contribution is 5.92. The van der Waals surface area contributed by atoms with Gasteiger partial charge in [0, 0.05) is 42.7 Å². The zero-order valence-electron chi connectivity index (χ0n) is 24.3. The molecule has 0 saturated carbocycles. The van der Waals surface area contributed by atoms with E-state index in [0.29, 0.717) is 51.7 Å². The number of methoxy groups -OCH3 is 1. The van der Waals surface area contributed by atoms with E-state index in [1.807, 2.05) is 54.7 Å². The van der Waals surface area contributed by atoms with Crippen LogP contribution in [-0.2, 0) is 20.7 Å². The first-order valence-corrected chi connectivity index (χ1v) is 14.8. The molecule has 4 aromatic rings. The summed E-state index contributed by atoms with van der Waals surface area (Å²) in [6.07, 6.45) is 4.98. The number of nitrogens with one attached hydrogen (secondary N) is 4. The van der Waals surface area contributed by atoms with Gasteiger partial charge in [0.05, 0.1) is 18.1 Å². The van der Waals surface area contributed by atoms with Crippen LogP contribution in [0.5, 0.6) is 0 Å². The standard InChI is InChI=1S/C31H39N7O5/c1-43-29(40)25(11-6-7-15-32)34-28(39)26(18-20-19-33-23-9-3-2-8-22(20)23)36-30(41)37-16-13-21(14-17-37)38-27-12-5-4-10-24(27)35-31(38)42/h2-5,8-10,12,19,21,25-26,33H,6-7,11,13-18,32H2,1H3,(H,34,39)(H,35,42)(H,36,41)/t25-,26?/m0/s1. The first-order chi connectivity index (χ1) is 20.9. The molecule has 6 N–H and O–H groups in total. The molecule has 12 heteroatoms. The van der Waals surface area contributed by atoms with Gasteiger partial charge in [0.25, 0.3) is 0 Å². The second kappa shape index (κ2) is 13.6. The van der Waals surface area contributed by atoms with E-state index >= 15 is 0 Å². The number of para-hydroxylation sites is 3. The molecular formula is C31H39N7O5. The van der Waals surface area contributed by atoms with Crippen LogP contribution in [0.1, 0.15) is 43.7 Å². The molecule has 3 heterocycles. The first-order valence-electron chi connectivity index (χ1n) is 14.8. The number of hydrogen-bond acceptors (Lipinski definition) is 6. The number of carbonyl (C=O) groups excluding carboxylic acids is 3. The Morgan fingerprint density at radius 3 is 2.47 bits per heavy atom. The zero-order chi connectivity index (χ0) is 30.3. The highest BCUT2D eigenvalue weighted by Gasteiger charge is 2.31. The molecule has 1 unspecified atom stereocenters. The van der Waals surface area contributed by atoms with E-state index in [2.05, 4.69) is 20.6 Å².